The molecule has 6 nitrogen and oxygen atoms in total. The first-order valence-corrected chi connectivity index (χ1v) is 8.53. The van der Waals surface area contributed by atoms with Gasteiger partial charge in [0.2, 0.25) is 5.79 Å². The summed E-state index contributed by atoms with van der Waals surface area (Å²) < 4.78 is 11.1. The molecule has 0 unspecified atom stereocenters. The fraction of sp³-hybridized carbons (Fsp3) is 0.824. The van der Waals surface area contributed by atoms with Gasteiger partial charge in [0.25, 0.3) is 5.91 Å². The number of likely N-dealkylation sites (tertiary alicyclic amines) is 1. The zero-order valence-electron chi connectivity index (χ0n) is 14.2. The number of hydrogen-bond acceptors (Lipinski definition) is 5. The highest BCUT2D eigenvalue weighted by atomic mass is 16.7. The highest BCUT2D eigenvalue weighted by molar-refractivity contribution is 6.04. The number of hydrogen-bond donors (Lipinski definition) is 2. The van der Waals surface area contributed by atoms with Crippen LogP contribution in [0.25, 0.3) is 0 Å². The molecule has 2 fully saturated rings. The number of nitrogens with zero attached hydrogens (tertiary/aromatic N) is 1. The van der Waals surface area contributed by atoms with Gasteiger partial charge in [-0.2, -0.15) is 0 Å². The molecule has 23 heavy (non-hydrogen) atoms. The first-order valence-electron chi connectivity index (χ1n) is 8.53. The molecular weight excluding hydrogens is 298 g/mol. The average molecular weight is 325 g/mol. The lowest BCUT2D eigenvalue weighted by Crippen LogP contribution is -2.65. The van der Waals surface area contributed by atoms with Crippen molar-refractivity contribution >= 4 is 5.91 Å². The molecule has 3 aliphatic rings. The Morgan fingerprint density at radius 2 is 2.09 bits per heavy atom. The zero-order chi connectivity index (χ0) is 16.8. The molecule has 6 heteroatoms. The summed E-state index contributed by atoms with van der Waals surface area (Å²) >= 11 is 0. The molecule has 0 aromatic heterocycles. The molecule has 2 saturated heterocycles. The number of aliphatic hydroxyl groups excluding tert-OH is 2. The minimum Gasteiger partial charge on any atom is -0.387 e. The van der Waals surface area contributed by atoms with Crippen LogP contribution in [0.3, 0.4) is 0 Å². The van der Waals surface area contributed by atoms with Gasteiger partial charge in [0.05, 0.1) is 12.1 Å². The third-order valence-electron chi connectivity index (χ3n) is 5.82. The van der Waals surface area contributed by atoms with Gasteiger partial charge >= 0.3 is 0 Å². The second-order valence-corrected chi connectivity index (χ2v) is 6.96. The second-order valence-electron chi connectivity index (χ2n) is 6.96. The van der Waals surface area contributed by atoms with Crippen LogP contribution in [0.15, 0.2) is 11.1 Å². The molecule has 3 rings (SSSR count). The van der Waals surface area contributed by atoms with Crippen LogP contribution in [-0.2, 0) is 14.3 Å². The Balaban J connectivity index is 2.07. The Bertz CT molecular complexity index is 533. The quantitative estimate of drug-likeness (QED) is 0.740. The van der Waals surface area contributed by atoms with Gasteiger partial charge in [0, 0.05) is 24.8 Å². The molecule has 0 radical (unpaired) electrons. The predicted molar refractivity (Wildman–Crippen MR) is 83.6 cm³/mol. The number of carbonyl (C=O) groups excluding carboxylic acids is 1. The number of likely N-dealkylation sites (N-methyl/N-ethyl adjacent to an activating group) is 1. The third-order valence-corrected chi connectivity index (χ3v) is 5.82. The maximum atomic E-state index is 12.6. The van der Waals surface area contributed by atoms with E-state index in [0.29, 0.717) is 24.1 Å². The van der Waals surface area contributed by atoms with Crippen molar-refractivity contribution in [2.45, 2.75) is 69.5 Å². The molecule has 1 aliphatic carbocycles. The van der Waals surface area contributed by atoms with Gasteiger partial charge in [-0.05, 0) is 26.7 Å². The normalized spacial score (nSPS) is 41.4. The van der Waals surface area contributed by atoms with Crippen LogP contribution in [0.5, 0.6) is 0 Å². The molecule has 2 bridgehead atoms. The van der Waals surface area contributed by atoms with Crippen LogP contribution in [0.1, 0.15) is 46.0 Å². The number of aliphatic hydroxyl groups is 2. The van der Waals surface area contributed by atoms with Crippen LogP contribution in [-0.4, -0.2) is 64.8 Å². The molecule has 130 valence electrons. The minimum atomic E-state index is -1.46. The second kappa shape index (κ2) is 5.84. The summed E-state index contributed by atoms with van der Waals surface area (Å²) in [5.74, 6) is -1.49. The van der Waals surface area contributed by atoms with Gasteiger partial charge in [-0.3, -0.25) is 4.79 Å². The van der Waals surface area contributed by atoms with E-state index in [1.807, 2.05) is 11.8 Å². The van der Waals surface area contributed by atoms with Crippen molar-refractivity contribution in [1.82, 2.24) is 4.90 Å². The number of β-lactam (4-membered cyclic amide) rings is 1. The minimum absolute atomic E-state index is 0.0340. The lowest BCUT2D eigenvalue weighted by molar-refractivity contribution is -0.279. The SMILES string of the molecule is CCN1C(=O)C2=C3CO[C@@](OC)([C@@H](O)CCCCC[C@]21C)[C@H]3O. The van der Waals surface area contributed by atoms with Crippen molar-refractivity contribution in [3.63, 3.8) is 0 Å². The largest absolute Gasteiger partial charge is 0.387 e. The van der Waals surface area contributed by atoms with Gasteiger partial charge in [0.15, 0.2) is 0 Å². The van der Waals surface area contributed by atoms with Crippen LogP contribution < -0.4 is 0 Å². The standard InChI is InChI=1S/C17H27NO5/c1-4-18-15(21)13-11-10-23-17(22-3,14(11)20)12(19)8-6-5-7-9-16(13,18)2/h12,14,19-20H,4-10H2,1-3H3/t12-,14-,16+,17-/m0/s1. The lowest BCUT2D eigenvalue weighted by atomic mass is 9.73. The van der Waals surface area contributed by atoms with Crippen molar-refractivity contribution in [3.05, 3.63) is 11.1 Å². The Hall–Kier alpha value is -0.950. The monoisotopic (exact) mass is 325 g/mol. The number of methoxy groups -OCH3 is 1. The smallest absolute Gasteiger partial charge is 0.253 e. The molecule has 0 spiro atoms. The van der Waals surface area contributed by atoms with E-state index in [-0.39, 0.29) is 18.1 Å². The van der Waals surface area contributed by atoms with Crippen LogP contribution in [0.2, 0.25) is 0 Å². The average Bonchev–Trinajstić information content (AvgIpc) is 2.84. The lowest BCUT2D eigenvalue weighted by Gasteiger charge is -2.53. The van der Waals surface area contributed by atoms with E-state index in [4.69, 9.17) is 9.47 Å². The number of carbonyl (C=O) groups is 1. The summed E-state index contributed by atoms with van der Waals surface area (Å²) in [7, 11) is 1.43. The summed E-state index contributed by atoms with van der Waals surface area (Å²) in [6.07, 6.45) is 2.14. The molecular formula is C17H27NO5. The molecule has 0 aromatic carbocycles. The van der Waals surface area contributed by atoms with Crippen molar-refractivity contribution < 1.29 is 24.5 Å². The van der Waals surface area contributed by atoms with Crippen LogP contribution in [0, 0.1) is 0 Å². The highest BCUT2D eigenvalue weighted by Crippen LogP contribution is 2.48. The van der Waals surface area contributed by atoms with Gasteiger partial charge in [-0.25, -0.2) is 0 Å². The van der Waals surface area contributed by atoms with E-state index in [0.717, 1.165) is 25.7 Å². The van der Waals surface area contributed by atoms with Gasteiger partial charge in [0.1, 0.15) is 12.2 Å². The molecule has 2 heterocycles. The third kappa shape index (κ3) is 2.19. The van der Waals surface area contributed by atoms with Gasteiger partial charge in [-0.15, -0.1) is 0 Å². The molecule has 2 aliphatic heterocycles. The van der Waals surface area contributed by atoms with E-state index >= 15 is 0 Å². The fourth-order valence-corrected chi connectivity index (χ4v) is 4.48. The summed E-state index contributed by atoms with van der Waals surface area (Å²) in [6, 6.07) is 0. The van der Waals surface area contributed by atoms with Crippen LogP contribution >= 0.6 is 0 Å². The van der Waals surface area contributed by atoms with E-state index in [1.165, 1.54) is 7.11 Å². The maximum Gasteiger partial charge on any atom is 0.253 e. The number of fused-ring (bicyclic) bond motifs is 3. The van der Waals surface area contributed by atoms with Crippen LogP contribution in [0.4, 0.5) is 0 Å². The fourth-order valence-electron chi connectivity index (χ4n) is 4.48. The maximum absolute atomic E-state index is 12.6. The molecule has 0 aromatic rings. The summed E-state index contributed by atoms with van der Waals surface area (Å²) in [6.45, 7) is 4.82. The highest BCUT2D eigenvalue weighted by Gasteiger charge is 2.59. The van der Waals surface area contributed by atoms with Gasteiger partial charge < -0.3 is 24.6 Å². The van der Waals surface area contributed by atoms with Crippen molar-refractivity contribution in [2.75, 3.05) is 20.3 Å². The predicted octanol–water partition coefficient (Wildman–Crippen LogP) is 0.963. The topological polar surface area (TPSA) is 79.2 Å². The first kappa shape index (κ1) is 16.9. The molecule has 1 amide bonds. The Morgan fingerprint density at radius 3 is 2.74 bits per heavy atom. The first-order chi connectivity index (χ1) is 10.9. The summed E-state index contributed by atoms with van der Waals surface area (Å²) in [5, 5.41) is 21.3. The van der Waals surface area contributed by atoms with Crippen molar-refractivity contribution in [2.24, 2.45) is 0 Å². The Labute approximate surface area is 137 Å². The van der Waals surface area contributed by atoms with Crippen molar-refractivity contribution in [1.29, 1.82) is 0 Å². The van der Waals surface area contributed by atoms with E-state index < -0.39 is 18.0 Å². The number of amides is 1. The molecule has 4 atom stereocenters. The van der Waals surface area contributed by atoms with Gasteiger partial charge in [-0.1, -0.05) is 19.3 Å². The molecule has 2 N–H and O–H groups in total. The zero-order valence-corrected chi connectivity index (χ0v) is 14.2. The molecule has 0 saturated carbocycles. The number of rotatable bonds is 2. The summed E-state index contributed by atoms with van der Waals surface area (Å²) in [5.41, 5.74) is 0.870. The van der Waals surface area contributed by atoms with E-state index in [1.54, 1.807) is 0 Å². The van der Waals surface area contributed by atoms with Crippen molar-refractivity contribution in [3.8, 4) is 0 Å². The van der Waals surface area contributed by atoms with E-state index in [2.05, 4.69) is 6.92 Å². The van der Waals surface area contributed by atoms with E-state index in [9.17, 15) is 15.0 Å². The number of ether oxygens (including phenoxy) is 2. The Morgan fingerprint density at radius 1 is 1.35 bits per heavy atom. The summed E-state index contributed by atoms with van der Waals surface area (Å²) in [4.78, 5) is 14.5. The Kier molecular flexibility index (Phi) is 4.29.